The lowest BCUT2D eigenvalue weighted by Gasteiger charge is -2.11. The van der Waals surface area contributed by atoms with E-state index in [0.717, 1.165) is 5.56 Å². The number of aromatic amines is 1. The highest BCUT2D eigenvalue weighted by Gasteiger charge is 2.21. The lowest BCUT2D eigenvalue weighted by Crippen LogP contribution is -2.16. The molecule has 0 aliphatic heterocycles. The first-order valence-corrected chi connectivity index (χ1v) is 7.36. The molecule has 0 aliphatic rings. The van der Waals surface area contributed by atoms with E-state index in [0.29, 0.717) is 17.0 Å². The van der Waals surface area contributed by atoms with Gasteiger partial charge in [-0.25, -0.2) is 0 Å². The van der Waals surface area contributed by atoms with Crippen LogP contribution in [0.5, 0.6) is 5.75 Å². The summed E-state index contributed by atoms with van der Waals surface area (Å²) in [7, 11) is -2.19. The number of ether oxygens (including phenoxy) is 1. The fraction of sp³-hybridized carbons (Fsp3) is 0.250. The van der Waals surface area contributed by atoms with Crippen LogP contribution in [0.2, 0.25) is 0 Å². The van der Waals surface area contributed by atoms with Crippen LogP contribution >= 0.6 is 0 Å². The van der Waals surface area contributed by atoms with E-state index in [4.69, 9.17) is 10.5 Å². The number of rotatable bonds is 5. The van der Waals surface area contributed by atoms with Gasteiger partial charge in [0, 0.05) is 12.1 Å². The van der Waals surface area contributed by atoms with Crippen LogP contribution in [0.15, 0.2) is 29.4 Å². The number of hydrogen-bond acceptors (Lipinski definition) is 5. The molecule has 20 heavy (non-hydrogen) atoms. The summed E-state index contributed by atoms with van der Waals surface area (Å²) in [4.78, 5) is 0. The molecule has 0 fully saturated rings. The summed E-state index contributed by atoms with van der Waals surface area (Å²) in [5.74, 6) is 0.662. The lowest BCUT2D eigenvalue weighted by atomic mass is 10.2. The Balaban J connectivity index is 2.34. The number of anilines is 1. The molecule has 2 aromatic rings. The van der Waals surface area contributed by atoms with E-state index in [-0.39, 0.29) is 11.6 Å². The number of nitrogens with two attached hydrogens (primary N) is 1. The molecule has 0 spiro atoms. The van der Waals surface area contributed by atoms with Crippen molar-refractivity contribution in [2.75, 3.05) is 11.8 Å². The van der Waals surface area contributed by atoms with E-state index >= 15 is 0 Å². The minimum Gasteiger partial charge on any atom is -0.497 e. The minimum absolute atomic E-state index is 0.0183. The monoisotopic (exact) mass is 296 g/mol. The summed E-state index contributed by atoms with van der Waals surface area (Å²) in [5, 5.41) is 6.14. The topological polar surface area (TPSA) is 110 Å². The molecule has 108 valence electrons. The van der Waals surface area contributed by atoms with Crippen LogP contribution in [0, 0.1) is 6.92 Å². The van der Waals surface area contributed by atoms with Gasteiger partial charge in [0.1, 0.15) is 5.75 Å². The van der Waals surface area contributed by atoms with Crippen molar-refractivity contribution in [3.63, 3.8) is 0 Å². The van der Waals surface area contributed by atoms with Crippen LogP contribution < -0.4 is 15.2 Å². The molecule has 0 saturated carbocycles. The number of aromatic nitrogens is 2. The molecule has 0 unspecified atom stereocenters. The molecule has 2 rings (SSSR count). The van der Waals surface area contributed by atoms with Crippen molar-refractivity contribution in [3.05, 3.63) is 35.5 Å². The van der Waals surface area contributed by atoms with Gasteiger partial charge in [-0.3, -0.25) is 9.82 Å². The van der Waals surface area contributed by atoms with Crippen LogP contribution in [0.25, 0.3) is 0 Å². The van der Waals surface area contributed by atoms with E-state index in [2.05, 4.69) is 14.9 Å². The SMILES string of the molecule is COc1ccc(NS(=O)(=O)c2[nH]ncc2CN)c(C)c1. The smallest absolute Gasteiger partial charge is 0.279 e. The van der Waals surface area contributed by atoms with E-state index in [1.165, 1.54) is 6.20 Å². The van der Waals surface area contributed by atoms with Crippen LogP contribution in [-0.2, 0) is 16.6 Å². The third-order valence-corrected chi connectivity index (χ3v) is 4.22. The Morgan fingerprint density at radius 1 is 1.45 bits per heavy atom. The van der Waals surface area contributed by atoms with E-state index in [1.54, 1.807) is 32.2 Å². The molecule has 0 aliphatic carbocycles. The molecule has 1 heterocycles. The summed E-state index contributed by atoms with van der Waals surface area (Å²) < 4.78 is 32.1. The molecule has 0 atom stereocenters. The Kier molecular flexibility index (Phi) is 3.96. The zero-order valence-electron chi connectivity index (χ0n) is 11.2. The summed E-state index contributed by atoms with van der Waals surface area (Å²) >= 11 is 0. The first-order valence-electron chi connectivity index (χ1n) is 5.87. The average Bonchev–Trinajstić information content (AvgIpc) is 2.90. The predicted octanol–water partition coefficient (Wildman–Crippen LogP) is 0.986. The second-order valence-electron chi connectivity index (χ2n) is 4.21. The van der Waals surface area contributed by atoms with Gasteiger partial charge in [0.15, 0.2) is 5.03 Å². The summed E-state index contributed by atoms with van der Waals surface area (Å²) in [5.41, 5.74) is 7.15. The molecule has 0 amide bonds. The van der Waals surface area contributed by atoms with E-state index in [9.17, 15) is 8.42 Å². The summed E-state index contributed by atoms with van der Waals surface area (Å²) in [6, 6.07) is 5.07. The maximum absolute atomic E-state index is 12.3. The molecule has 0 radical (unpaired) electrons. The first-order chi connectivity index (χ1) is 9.47. The zero-order valence-corrected chi connectivity index (χ0v) is 12.0. The van der Waals surface area contributed by atoms with E-state index < -0.39 is 10.0 Å². The summed E-state index contributed by atoms with van der Waals surface area (Å²) in [6.45, 7) is 1.88. The highest BCUT2D eigenvalue weighted by atomic mass is 32.2. The number of H-pyrrole nitrogens is 1. The number of nitrogens with zero attached hydrogens (tertiary/aromatic N) is 1. The normalized spacial score (nSPS) is 11.3. The maximum Gasteiger partial charge on any atom is 0.279 e. The standard InChI is InChI=1S/C12H16N4O3S/c1-8-5-10(19-2)3-4-11(8)16-20(17,18)12-9(6-13)7-14-15-12/h3-5,7,16H,6,13H2,1-2H3,(H,14,15). The number of hydrogen-bond donors (Lipinski definition) is 3. The fourth-order valence-electron chi connectivity index (χ4n) is 1.75. The Morgan fingerprint density at radius 3 is 2.80 bits per heavy atom. The Morgan fingerprint density at radius 2 is 2.20 bits per heavy atom. The highest BCUT2D eigenvalue weighted by molar-refractivity contribution is 7.92. The second kappa shape index (κ2) is 5.51. The molecule has 7 nitrogen and oxygen atoms in total. The number of aryl methyl sites for hydroxylation is 1. The maximum atomic E-state index is 12.3. The van der Waals surface area contributed by atoms with Crippen molar-refractivity contribution in [1.29, 1.82) is 0 Å². The molecule has 8 heteroatoms. The quantitative estimate of drug-likeness (QED) is 0.762. The third-order valence-electron chi connectivity index (χ3n) is 2.84. The van der Waals surface area contributed by atoms with Gasteiger partial charge < -0.3 is 10.5 Å². The van der Waals surface area contributed by atoms with Crippen molar-refractivity contribution in [1.82, 2.24) is 10.2 Å². The van der Waals surface area contributed by atoms with Gasteiger partial charge >= 0.3 is 0 Å². The molecular formula is C12H16N4O3S. The summed E-state index contributed by atoms with van der Waals surface area (Å²) in [6.07, 6.45) is 1.40. The molecule has 1 aromatic heterocycles. The van der Waals surface area contributed by atoms with Crippen LogP contribution in [0.1, 0.15) is 11.1 Å². The Labute approximate surface area is 117 Å². The van der Waals surface area contributed by atoms with Crippen molar-refractivity contribution >= 4 is 15.7 Å². The van der Waals surface area contributed by atoms with Gasteiger partial charge in [0.25, 0.3) is 10.0 Å². The van der Waals surface area contributed by atoms with Crippen molar-refractivity contribution < 1.29 is 13.2 Å². The second-order valence-corrected chi connectivity index (χ2v) is 5.83. The molecular weight excluding hydrogens is 280 g/mol. The van der Waals surface area contributed by atoms with Crippen molar-refractivity contribution in [2.45, 2.75) is 18.5 Å². The number of benzene rings is 1. The Hall–Kier alpha value is -2.06. The van der Waals surface area contributed by atoms with E-state index in [1.807, 2.05) is 0 Å². The van der Waals surface area contributed by atoms with Gasteiger partial charge in [-0.05, 0) is 30.7 Å². The van der Waals surface area contributed by atoms with Crippen LogP contribution in [-0.4, -0.2) is 25.7 Å². The number of sulfonamides is 1. The molecule has 0 bridgehead atoms. The van der Waals surface area contributed by atoms with Gasteiger partial charge in [-0.15, -0.1) is 0 Å². The lowest BCUT2D eigenvalue weighted by molar-refractivity contribution is 0.414. The first kappa shape index (κ1) is 14.4. The Bertz CT molecular complexity index is 709. The minimum atomic E-state index is -3.74. The number of nitrogens with one attached hydrogen (secondary N) is 2. The third kappa shape index (κ3) is 2.75. The average molecular weight is 296 g/mol. The van der Waals surface area contributed by atoms with Gasteiger partial charge in [0.05, 0.1) is 19.0 Å². The van der Waals surface area contributed by atoms with Gasteiger partial charge in [0.2, 0.25) is 0 Å². The number of methoxy groups -OCH3 is 1. The highest BCUT2D eigenvalue weighted by Crippen LogP contribution is 2.24. The molecule has 4 N–H and O–H groups in total. The van der Waals surface area contributed by atoms with Crippen LogP contribution in [0.3, 0.4) is 0 Å². The fourth-order valence-corrected chi connectivity index (χ4v) is 3.03. The largest absolute Gasteiger partial charge is 0.497 e. The van der Waals surface area contributed by atoms with Crippen molar-refractivity contribution in [3.8, 4) is 5.75 Å². The zero-order chi connectivity index (χ0) is 14.8. The van der Waals surface area contributed by atoms with Gasteiger partial charge in [-0.1, -0.05) is 0 Å². The van der Waals surface area contributed by atoms with Crippen molar-refractivity contribution in [2.24, 2.45) is 5.73 Å². The molecule has 0 saturated heterocycles. The van der Waals surface area contributed by atoms with Gasteiger partial charge in [-0.2, -0.15) is 13.5 Å². The van der Waals surface area contributed by atoms with Crippen LogP contribution in [0.4, 0.5) is 5.69 Å². The molecule has 1 aromatic carbocycles. The predicted molar refractivity (Wildman–Crippen MR) is 75.0 cm³/mol.